The highest BCUT2D eigenvalue weighted by Gasteiger charge is 2.13. The zero-order chi connectivity index (χ0) is 40.9. The number of rotatable bonds is 4. The standard InChI is InChI=1S/C39H25N3/c1-3-11-27(12-4-1)37-40-38(28-13-5-2-6-14-28)42-39(41-37)29-21-19-26(20-22-29)30-23-24-35-33-17-8-7-15-31(33)32-16-9-10-18-34(32)36(35)25-30/h1-25H/i7D,8D,9D,10D,15D,16D,17D,18D,19D,20D,21D,22D,23D,24D,25D. The quantitative estimate of drug-likeness (QED) is 0.205. The van der Waals surface area contributed by atoms with Crippen LogP contribution < -0.4 is 0 Å². The predicted molar refractivity (Wildman–Crippen MR) is 174 cm³/mol. The van der Waals surface area contributed by atoms with E-state index in [-0.39, 0.29) is 55.4 Å². The van der Waals surface area contributed by atoms with Crippen molar-refractivity contribution in [2.75, 3.05) is 0 Å². The molecule has 0 unspecified atom stereocenters. The minimum atomic E-state index is -0.771. The van der Waals surface area contributed by atoms with Gasteiger partial charge >= 0.3 is 0 Å². The molecule has 3 nitrogen and oxygen atoms in total. The van der Waals surface area contributed by atoms with Gasteiger partial charge in [-0.3, -0.25) is 0 Å². The Labute approximate surface area is 264 Å². The Kier molecular flexibility index (Phi) is 3.19. The minimum absolute atomic E-state index is 0.189. The highest BCUT2D eigenvalue weighted by Crippen LogP contribution is 2.37. The van der Waals surface area contributed by atoms with E-state index in [0.717, 1.165) is 0 Å². The van der Waals surface area contributed by atoms with Gasteiger partial charge in [0, 0.05) is 16.7 Å². The van der Waals surface area contributed by atoms with Gasteiger partial charge in [0.15, 0.2) is 17.5 Å². The highest BCUT2D eigenvalue weighted by atomic mass is 15.0. The van der Waals surface area contributed by atoms with E-state index in [0.29, 0.717) is 11.1 Å². The van der Waals surface area contributed by atoms with Gasteiger partial charge in [0.1, 0.15) is 0 Å². The molecular weight excluding hydrogens is 510 g/mol. The van der Waals surface area contributed by atoms with Gasteiger partial charge in [-0.05, 0) is 49.5 Å². The SMILES string of the molecule is [2H]c1c([2H])c(-c2c([2H])c([2H])c3c4c([2H])c([2H])c([2H])c([2H])c4c4c([2H])c([2H])c([2H])c([2H])c4c3c2[2H])c([2H])c([2H])c1-c1nc(-c2ccccc2)nc(-c2ccccc2)n1. The summed E-state index contributed by atoms with van der Waals surface area (Å²) in [5, 5.41) is -2.14. The van der Waals surface area contributed by atoms with E-state index in [4.69, 9.17) is 12.3 Å². The monoisotopic (exact) mass is 550 g/mol. The van der Waals surface area contributed by atoms with Crippen molar-refractivity contribution in [1.82, 2.24) is 15.0 Å². The van der Waals surface area contributed by atoms with Crippen LogP contribution in [0.3, 0.4) is 0 Å². The molecule has 0 saturated carbocycles. The summed E-state index contributed by atoms with van der Waals surface area (Å²) in [6.07, 6.45) is 0. The molecule has 0 bridgehead atoms. The molecule has 1 heterocycles. The van der Waals surface area contributed by atoms with Gasteiger partial charge in [0.05, 0.1) is 20.6 Å². The topological polar surface area (TPSA) is 38.7 Å². The van der Waals surface area contributed by atoms with Gasteiger partial charge in [0.25, 0.3) is 0 Å². The molecule has 0 radical (unpaired) electrons. The number of benzene rings is 7. The second-order valence-electron chi connectivity index (χ2n) is 9.29. The predicted octanol–water partition coefficient (Wildman–Crippen LogP) is 10.00. The molecule has 0 atom stereocenters. The molecule has 0 aliphatic carbocycles. The van der Waals surface area contributed by atoms with E-state index in [9.17, 15) is 8.22 Å². The lowest BCUT2D eigenvalue weighted by molar-refractivity contribution is 1.07. The first-order chi connectivity index (χ1) is 27.1. The van der Waals surface area contributed by atoms with Crippen LogP contribution in [0.15, 0.2) is 151 Å². The molecular formula is C39H25N3. The number of aromatic nitrogens is 3. The maximum Gasteiger partial charge on any atom is 0.164 e. The van der Waals surface area contributed by atoms with Crippen LogP contribution in [0.2, 0.25) is 0 Å². The Morgan fingerprint density at radius 1 is 0.333 bits per heavy atom. The summed E-state index contributed by atoms with van der Waals surface area (Å²) in [5.41, 5.74) is -0.245. The van der Waals surface area contributed by atoms with Crippen molar-refractivity contribution in [2.45, 2.75) is 0 Å². The summed E-state index contributed by atoms with van der Waals surface area (Å²) in [4.78, 5) is 13.7. The fourth-order valence-electron chi connectivity index (χ4n) is 4.75. The molecule has 3 heteroatoms. The lowest BCUT2D eigenvalue weighted by atomic mass is 9.92. The van der Waals surface area contributed by atoms with Gasteiger partial charge in [-0.25, -0.2) is 15.0 Å². The van der Waals surface area contributed by atoms with E-state index in [1.807, 2.05) is 0 Å². The van der Waals surface area contributed by atoms with Gasteiger partial charge in [-0.2, -0.15) is 0 Å². The van der Waals surface area contributed by atoms with Crippen LogP contribution in [0.4, 0.5) is 0 Å². The van der Waals surface area contributed by atoms with Gasteiger partial charge in [0.2, 0.25) is 0 Å². The first kappa shape index (κ1) is 13.3. The number of hydrogen-bond donors (Lipinski definition) is 0. The molecule has 196 valence electrons. The van der Waals surface area contributed by atoms with Crippen molar-refractivity contribution in [3.05, 3.63) is 151 Å². The van der Waals surface area contributed by atoms with Gasteiger partial charge in [-0.1, -0.05) is 145 Å². The summed E-state index contributed by atoms with van der Waals surface area (Å²) < 4.78 is 133. The van der Waals surface area contributed by atoms with Crippen molar-refractivity contribution < 1.29 is 20.6 Å². The normalized spacial score (nSPS) is 16.3. The second kappa shape index (κ2) is 10.1. The molecule has 0 N–H and O–H groups in total. The molecule has 0 amide bonds. The van der Waals surface area contributed by atoms with Crippen LogP contribution in [0.25, 0.3) is 77.6 Å². The third-order valence-corrected chi connectivity index (χ3v) is 6.74. The van der Waals surface area contributed by atoms with Crippen LogP contribution in [0.1, 0.15) is 20.6 Å². The van der Waals surface area contributed by atoms with Crippen molar-refractivity contribution in [1.29, 1.82) is 0 Å². The molecule has 8 rings (SSSR count). The summed E-state index contributed by atoms with van der Waals surface area (Å²) in [6.45, 7) is 0. The molecule has 7 aromatic carbocycles. The summed E-state index contributed by atoms with van der Waals surface area (Å²) >= 11 is 0. The lowest BCUT2D eigenvalue weighted by Crippen LogP contribution is -2.00. The first-order valence-electron chi connectivity index (χ1n) is 20.4. The van der Waals surface area contributed by atoms with E-state index in [1.165, 1.54) is 0 Å². The molecule has 0 aliphatic heterocycles. The molecule has 0 saturated heterocycles. The van der Waals surface area contributed by atoms with Crippen LogP contribution in [-0.2, 0) is 0 Å². The largest absolute Gasteiger partial charge is 0.208 e. The Balaban J connectivity index is 1.50. The summed E-state index contributed by atoms with van der Waals surface area (Å²) in [7, 11) is 0. The molecule has 42 heavy (non-hydrogen) atoms. The van der Waals surface area contributed by atoms with E-state index in [1.54, 1.807) is 60.7 Å². The first-order valence-corrected chi connectivity index (χ1v) is 12.9. The number of hydrogen-bond acceptors (Lipinski definition) is 3. The van der Waals surface area contributed by atoms with E-state index in [2.05, 4.69) is 15.0 Å². The van der Waals surface area contributed by atoms with Gasteiger partial charge in [-0.15, -0.1) is 0 Å². The van der Waals surface area contributed by atoms with Crippen molar-refractivity contribution in [2.24, 2.45) is 0 Å². The molecule has 0 aliphatic rings. The molecule has 0 fully saturated rings. The maximum absolute atomic E-state index is 9.51. The fraction of sp³-hybridized carbons (Fsp3) is 0. The highest BCUT2D eigenvalue weighted by molar-refractivity contribution is 6.25. The average molecular weight is 551 g/mol. The third kappa shape index (κ3) is 4.20. The summed E-state index contributed by atoms with van der Waals surface area (Å²) in [5.74, 6) is 0.195. The van der Waals surface area contributed by atoms with Crippen LogP contribution in [0.5, 0.6) is 0 Å². The molecule has 1 aromatic heterocycles. The Hall–Kier alpha value is -5.67. The van der Waals surface area contributed by atoms with Crippen molar-refractivity contribution in [3.8, 4) is 45.3 Å². The van der Waals surface area contributed by atoms with E-state index < -0.39 is 102 Å². The maximum atomic E-state index is 9.51. The zero-order valence-electron chi connectivity index (χ0n) is 36.6. The average Bonchev–Trinajstić information content (AvgIpc) is 3.22. The Bertz CT molecular complexity index is 2940. The zero-order valence-corrected chi connectivity index (χ0v) is 21.6. The second-order valence-corrected chi connectivity index (χ2v) is 9.29. The van der Waals surface area contributed by atoms with E-state index >= 15 is 0 Å². The molecule has 8 aromatic rings. The number of nitrogens with zero attached hydrogens (tertiary/aromatic N) is 3. The fourth-order valence-corrected chi connectivity index (χ4v) is 4.75. The van der Waals surface area contributed by atoms with Crippen molar-refractivity contribution >= 4 is 32.3 Å². The number of fused-ring (bicyclic) bond motifs is 6. The Morgan fingerprint density at radius 2 is 0.714 bits per heavy atom. The molecule has 0 spiro atoms. The van der Waals surface area contributed by atoms with Gasteiger partial charge < -0.3 is 0 Å². The van der Waals surface area contributed by atoms with Crippen molar-refractivity contribution in [3.63, 3.8) is 0 Å². The van der Waals surface area contributed by atoms with Crippen LogP contribution in [-0.4, -0.2) is 15.0 Å². The Morgan fingerprint density at radius 3 is 1.21 bits per heavy atom. The summed E-state index contributed by atoms with van der Waals surface area (Å²) in [6, 6.07) is 7.31. The van der Waals surface area contributed by atoms with Crippen LogP contribution >= 0.6 is 0 Å². The third-order valence-electron chi connectivity index (χ3n) is 6.74. The minimum Gasteiger partial charge on any atom is -0.208 e. The van der Waals surface area contributed by atoms with Crippen LogP contribution in [0, 0.1) is 0 Å². The smallest absolute Gasteiger partial charge is 0.164 e. The lowest BCUT2D eigenvalue weighted by Gasteiger charge is -2.12.